The highest BCUT2D eigenvalue weighted by molar-refractivity contribution is 9.10. The van der Waals surface area contributed by atoms with Crippen LogP contribution in [0.1, 0.15) is 133 Å². The highest BCUT2D eigenvalue weighted by atomic mass is 79.9. The van der Waals surface area contributed by atoms with Crippen molar-refractivity contribution in [1.82, 2.24) is 58.5 Å². The van der Waals surface area contributed by atoms with Crippen molar-refractivity contribution < 1.29 is 62.6 Å². The van der Waals surface area contributed by atoms with E-state index in [1.165, 1.54) is 27.7 Å². The summed E-state index contributed by atoms with van der Waals surface area (Å²) < 4.78 is -2.53. The van der Waals surface area contributed by atoms with Gasteiger partial charge in [-0.1, -0.05) is 47.8 Å². The molecule has 24 nitrogen and oxygen atoms in total. The largest absolute Gasteiger partial charge is 0.481 e. The lowest BCUT2D eigenvalue weighted by Crippen LogP contribution is -2.60. The van der Waals surface area contributed by atoms with Crippen molar-refractivity contribution in [3.8, 4) is 0 Å². The number of halogens is 3. The molecule has 1 fully saturated rings. The molecule has 0 aliphatic carbocycles. The van der Waals surface area contributed by atoms with Crippen LogP contribution in [-0.2, 0) is 57.5 Å². The molecule has 1 rings (SSSR count). The first-order valence-corrected chi connectivity index (χ1v) is 26.6. The Hall–Kier alpha value is -4.92. The van der Waals surface area contributed by atoms with Gasteiger partial charge in [-0.15, -0.1) is 0 Å². The number of carbonyl (C=O) groups is 12. The maximum absolute atomic E-state index is 13.9. The molecular weight excluding hydrogens is 1150 g/mol. The third-order valence-corrected chi connectivity index (χ3v) is 12.2. The van der Waals surface area contributed by atoms with Crippen LogP contribution in [0.5, 0.6) is 0 Å². The van der Waals surface area contributed by atoms with Crippen LogP contribution in [0.15, 0.2) is 0 Å². The van der Waals surface area contributed by atoms with E-state index in [0.717, 1.165) is 0 Å². The van der Waals surface area contributed by atoms with Crippen molar-refractivity contribution in [1.29, 1.82) is 0 Å². The van der Waals surface area contributed by atoms with Gasteiger partial charge in [0.05, 0.1) is 19.4 Å². The number of rotatable bonds is 20. The smallest absolute Gasteiger partial charge is 0.305 e. The highest BCUT2D eigenvalue weighted by Gasteiger charge is 2.34. The van der Waals surface area contributed by atoms with Crippen molar-refractivity contribution in [2.75, 3.05) is 19.6 Å². The molecule has 73 heavy (non-hydrogen) atoms. The second-order valence-corrected chi connectivity index (χ2v) is 25.4. The molecule has 0 bridgehead atoms. The molecule has 0 aromatic rings. The minimum absolute atomic E-state index is 0.00630. The lowest BCUT2D eigenvalue weighted by molar-refractivity contribution is -0.141. The summed E-state index contributed by atoms with van der Waals surface area (Å²) in [4.78, 5) is 159. The Morgan fingerprint density at radius 3 is 0.836 bits per heavy atom. The number of hydrogen-bond acceptors (Lipinski definition) is 12. The third kappa shape index (κ3) is 25.7. The zero-order valence-electron chi connectivity index (χ0n) is 43.3. The number of carboxylic acids is 1. The van der Waals surface area contributed by atoms with Crippen molar-refractivity contribution in [3.05, 3.63) is 0 Å². The zero-order chi connectivity index (χ0) is 56.0. The lowest BCUT2D eigenvalue weighted by Gasteiger charge is -2.27. The van der Waals surface area contributed by atoms with Gasteiger partial charge >= 0.3 is 5.97 Å². The SMILES string of the molecule is C[C@H]1NC(=O)[C@H](CCCCNC(=O)C(C)(C)Br)NC(=O)[C@@H](C)NC(=O)[C@H](CCCCNC(=O)C(C)(C)Br)NC(=O)[C@@H](C)NC(=O)[C@H](CC(=O)O)NC(=O)[C@@H](C)NC(=O)[C@H](CCCCNC(=O)C(C)(C)Br)NC1=O. The Morgan fingerprint density at radius 2 is 0.616 bits per heavy atom. The van der Waals surface area contributed by atoms with Gasteiger partial charge in [-0.3, -0.25) is 57.5 Å². The Kier molecular flexibility index (Phi) is 28.1. The maximum Gasteiger partial charge on any atom is 0.305 e. The summed E-state index contributed by atoms with van der Waals surface area (Å²) >= 11 is 9.86. The molecule has 1 heterocycles. The number of alkyl halides is 3. The first kappa shape index (κ1) is 66.1. The summed E-state index contributed by atoms with van der Waals surface area (Å²) in [7, 11) is 0. The minimum Gasteiger partial charge on any atom is -0.481 e. The minimum atomic E-state index is -1.76. The van der Waals surface area contributed by atoms with Gasteiger partial charge in [-0.25, -0.2) is 0 Å². The Labute approximate surface area is 452 Å². The number of hydrogen-bond donors (Lipinski definition) is 12. The van der Waals surface area contributed by atoms with E-state index < -0.39 is 121 Å². The van der Waals surface area contributed by atoms with Gasteiger partial charge in [0, 0.05) is 19.6 Å². The number of aliphatic carboxylic acids is 1. The summed E-state index contributed by atoms with van der Waals surface area (Å²) in [6.45, 7) is 15.8. The summed E-state index contributed by atoms with van der Waals surface area (Å²) in [6, 6.07) is -11.2. The van der Waals surface area contributed by atoms with Gasteiger partial charge in [0.25, 0.3) is 0 Å². The van der Waals surface area contributed by atoms with Gasteiger partial charge < -0.3 is 63.6 Å². The molecule has 0 spiro atoms. The maximum atomic E-state index is 13.9. The van der Waals surface area contributed by atoms with Crippen LogP contribution in [0.2, 0.25) is 0 Å². The molecule has 1 aliphatic rings. The number of nitrogens with one attached hydrogen (secondary N) is 11. The number of amides is 11. The molecule has 1 aliphatic heterocycles. The number of carbonyl (C=O) groups excluding carboxylic acids is 11. The van der Waals surface area contributed by atoms with Crippen molar-refractivity contribution in [3.63, 3.8) is 0 Å². The average Bonchev–Trinajstić information content (AvgIpc) is 3.27. The van der Waals surface area contributed by atoms with Crippen molar-refractivity contribution >= 4 is 119 Å². The molecule has 0 saturated carbocycles. The molecule has 414 valence electrons. The van der Waals surface area contributed by atoms with Crippen LogP contribution in [0.25, 0.3) is 0 Å². The van der Waals surface area contributed by atoms with E-state index in [0.29, 0.717) is 19.3 Å². The van der Waals surface area contributed by atoms with E-state index in [1.807, 2.05) is 0 Å². The first-order chi connectivity index (χ1) is 33.6. The summed E-state index contributed by atoms with van der Waals surface area (Å²) in [5.41, 5.74) is 0. The van der Waals surface area contributed by atoms with Gasteiger partial charge in [-0.05, 0) is 127 Å². The zero-order valence-corrected chi connectivity index (χ0v) is 48.0. The number of unbranched alkanes of at least 4 members (excludes halogenated alkanes) is 3. The molecule has 0 unspecified atom stereocenters. The normalized spacial score (nSPS) is 23.8. The van der Waals surface area contributed by atoms with E-state index in [1.54, 1.807) is 41.5 Å². The Morgan fingerprint density at radius 1 is 0.397 bits per heavy atom. The van der Waals surface area contributed by atoms with E-state index in [9.17, 15) is 62.6 Å². The molecule has 8 atom stereocenters. The lowest BCUT2D eigenvalue weighted by atomic mass is 10.1. The summed E-state index contributed by atoms with van der Waals surface area (Å²) in [5, 5.41) is 37.8. The number of carboxylic acid groups (broad SMARTS) is 1. The van der Waals surface area contributed by atoms with Crippen molar-refractivity contribution in [2.24, 2.45) is 0 Å². The fraction of sp³-hybridized carbons (Fsp3) is 0.739. The van der Waals surface area contributed by atoms with E-state index in [-0.39, 0.29) is 75.9 Å². The molecule has 0 aromatic carbocycles. The second kappa shape index (κ2) is 31.1. The van der Waals surface area contributed by atoms with Crippen LogP contribution < -0.4 is 58.5 Å². The fourth-order valence-corrected chi connectivity index (χ4v) is 6.97. The second-order valence-electron chi connectivity index (χ2n) is 19.4. The molecule has 12 N–H and O–H groups in total. The molecule has 0 radical (unpaired) electrons. The van der Waals surface area contributed by atoms with Crippen LogP contribution in [-0.4, -0.2) is 157 Å². The quantitative estimate of drug-likeness (QED) is 0.0557. The van der Waals surface area contributed by atoms with Crippen LogP contribution in [0.3, 0.4) is 0 Å². The van der Waals surface area contributed by atoms with Gasteiger partial charge in [0.15, 0.2) is 0 Å². The fourth-order valence-electron chi connectivity index (χ4n) is 6.55. The van der Waals surface area contributed by atoms with Crippen LogP contribution in [0, 0.1) is 0 Å². The van der Waals surface area contributed by atoms with Gasteiger partial charge in [-0.2, -0.15) is 0 Å². The Balaban J connectivity index is 3.65. The topological polar surface area (TPSA) is 357 Å². The van der Waals surface area contributed by atoms with Crippen LogP contribution >= 0.6 is 47.8 Å². The highest BCUT2D eigenvalue weighted by Crippen LogP contribution is 2.17. The first-order valence-electron chi connectivity index (χ1n) is 24.2. The van der Waals surface area contributed by atoms with Gasteiger partial charge in [0.2, 0.25) is 65.0 Å². The monoisotopic (exact) mass is 1230 g/mol. The average molecular weight is 1230 g/mol. The van der Waals surface area contributed by atoms with Crippen molar-refractivity contribution in [2.45, 2.75) is 195 Å². The predicted molar refractivity (Wildman–Crippen MR) is 280 cm³/mol. The summed E-state index contributed by atoms with van der Waals surface area (Å²) in [6.07, 6.45) is 0.924. The molecule has 1 saturated heterocycles. The molecule has 27 heteroatoms. The standard InChI is InChI=1S/C46H76Br3N11O13/c1-24-33(63)57-28(17-11-14-20-50-41(71)44(5,6)47)37(67)53-25(2)34(64)58-30(19-13-16-22-52-43(73)46(9,10)49)39(69)55-27(4)36(66)60-31(23-32(61)62)40(70)56-26(3)35(65)59-29(38(68)54-24)18-12-15-21-51-42(72)45(7,8)48/h24-31H,11-23H2,1-10H3,(H,50,71)(H,51,72)(H,52,73)(H,53,67)(H,54,68)(H,55,69)(H,56,70)(H,57,63)(H,58,64)(H,59,65)(H,60,66)(H,61,62)/t24-,25-,26-,27-,28+,29+,30+,31+/m1/s1. The van der Waals surface area contributed by atoms with E-state index in [4.69, 9.17) is 0 Å². The Bertz CT molecular complexity index is 1960. The molecular formula is C46H76Br3N11O13. The van der Waals surface area contributed by atoms with E-state index >= 15 is 0 Å². The molecule has 11 amide bonds. The predicted octanol–water partition coefficient (Wildman–Crippen LogP) is -0.187. The third-order valence-electron chi connectivity index (χ3n) is 11.2. The van der Waals surface area contributed by atoms with E-state index in [2.05, 4.69) is 106 Å². The molecule has 0 aromatic heterocycles. The van der Waals surface area contributed by atoms with Gasteiger partial charge in [0.1, 0.15) is 48.3 Å². The van der Waals surface area contributed by atoms with Crippen LogP contribution in [0.4, 0.5) is 0 Å². The summed E-state index contributed by atoms with van der Waals surface area (Å²) in [5.74, 6) is -9.52.